The summed E-state index contributed by atoms with van der Waals surface area (Å²) in [6.07, 6.45) is 1.54. The number of nitrogens with zero attached hydrogens (tertiary/aromatic N) is 1. The van der Waals surface area contributed by atoms with Crippen LogP contribution in [-0.4, -0.2) is 42.3 Å². The molecule has 0 spiro atoms. The lowest BCUT2D eigenvalue weighted by Crippen LogP contribution is -2.22. The van der Waals surface area contributed by atoms with E-state index in [-0.39, 0.29) is 6.42 Å². The Bertz CT molecular complexity index is 402. The van der Waals surface area contributed by atoms with Gasteiger partial charge in [-0.15, -0.1) is 0 Å². The number of carbonyl (C=O) groups is 1. The summed E-state index contributed by atoms with van der Waals surface area (Å²) in [5.74, 6) is -0.787. The normalized spacial score (nSPS) is 20.2. The number of methoxy groups -OCH3 is 1. The van der Waals surface area contributed by atoms with Crippen LogP contribution in [0.4, 0.5) is 0 Å². The monoisotopic (exact) mass is 249 g/mol. The van der Waals surface area contributed by atoms with Gasteiger partial charge in [-0.25, -0.2) is 0 Å². The molecule has 1 aromatic carbocycles. The molecular weight excluding hydrogens is 230 g/mol. The fourth-order valence-electron chi connectivity index (χ4n) is 2.33. The highest BCUT2D eigenvalue weighted by Crippen LogP contribution is 2.15. The third-order valence-corrected chi connectivity index (χ3v) is 3.35. The largest absolute Gasteiger partial charge is 0.481 e. The highest BCUT2D eigenvalue weighted by Gasteiger charge is 2.21. The van der Waals surface area contributed by atoms with E-state index >= 15 is 0 Å². The van der Waals surface area contributed by atoms with E-state index in [0.29, 0.717) is 6.10 Å². The second kappa shape index (κ2) is 5.98. The van der Waals surface area contributed by atoms with Crippen LogP contribution in [-0.2, 0) is 22.5 Å². The minimum atomic E-state index is -0.787. The number of aliphatic carboxylic acids is 1. The van der Waals surface area contributed by atoms with Crippen LogP contribution in [0.2, 0.25) is 0 Å². The van der Waals surface area contributed by atoms with E-state index < -0.39 is 5.97 Å². The molecule has 0 radical (unpaired) electrons. The molecular formula is C14H19NO3. The standard InChI is InChI=1S/C14H19NO3/c1-18-13-6-7-15(10-13)9-12-4-2-11(3-5-12)8-14(16)17/h2-5,13H,6-10H2,1H3,(H,16,17). The number of hydrogen-bond donors (Lipinski definition) is 1. The van der Waals surface area contributed by atoms with Crippen molar-refractivity contribution in [2.24, 2.45) is 0 Å². The maximum atomic E-state index is 10.6. The van der Waals surface area contributed by atoms with Gasteiger partial charge in [0.2, 0.25) is 0 Å². The summed E-state index contributed by atoms with van der Waals surface area (Å²) < 4.78 is 5.34. The van der Waals surface area contributed by atoms with Crippen LogP contribution >= 0.6 is 0 Å². The highest BCUT2D eigenvalue weighted by molar-refractivity contribution is 5.70. The molecule has 0 aliphatic carbocycles. The predicted molar refractivity (Wildman–Crippen MR) is 68.5 cm³/mol. The molecule has 98 valence electrons. The van der Waals surface area contributed by atoms with E-state index in [0.717, 1.165) is 31.6 Å². The van der Waals surface area contributed by atoms with Crippen molar-refractivity contribution >= 4 is 5.97 Å². The molecule has 1 heterocycles. The van der Waals surface area contributed by atoms with Crippen LogP contribution < -0.4 is 0 Å². The van der Waals surface area contributed by atoms with E-state index in [1.165, 1.54) is 5.56 Å². The Labute approximate surface area is 107 Å². The molecule has 1 aliphatic heterocycles. The SMILES string of the molecule is COC1CCN(Cc2ccc(CC(=O)O)cc2)C1. The van der Waals surface area contributed by atoms with Gasteiger partial charge in [0.1, 0.15) is 0 Å². The fourth-order valence-corrected chi connectivity index (χ4v) is 2.33. The van der Waals surface area contributed by atoms with Crippen molar-refractivity contribution in [3.8, 4) is 0 Å². The van der Waals surface area contributed by atoms with Gasteiger partial charge in [-0.3, -0.25) is 9.69 Å². The molecule has 2 rings (SSSR count). The molecule has 4 heteroatoms. The Kier molecular flexibility index (Phi) is 4.33. The number of benzene rings is 1. The second-order valence-electron chi connectivity index (χ2n) is 4.77. The first-order valence-corrected chi connectivity index (χ1v) is 6.22. The molecule has 1 N–H and O–H groups in total. The van der Waals surface area contributed by atoms with Gasteiger partial charge in [0.05, 0.1) is 12.5 Å². The van der Waals surface area contributed by atoms with Gasteiger partial charge < -0.3 is 9.84 Å². The number of carboxylic acids is 1. The first-order chi connectivity index (χ1) is 8.67. The third-order valence-electron chi connectivity index (χ3n) is 3.35. The average molecular weight is 249 g/mol. The van der Waals surface area contributed by atoms with E-state index in [1.54, 1.807) is 7.11 Å². The molecule has 0 bridgehead atoms. The summed E-state index contributed by atoms with van der Waals surface area (Å²) in [7, 11) is 1.76. The lowest BCUT2D eigenvalue weighted by atomic mass is 10.1. The zero-order valence-corrected chi connectivity index (χ0v) is 10.6. The maximum Gasteiger partial charge on any atom is 0.307 e. The number of ether oxygens (including phenoxy) is 1. The van der Waals surface area contributed by atoms with Crippen LogP contribution in [0.5, 0.6) is 0 Å². The third kappa shape index (κ3) is 3.55. The fraction of sp³-hybridized carbons (Fsp3) is 0.500. The highest BCUT2D eigenvalue weighted by atomic mass is 16.5. The van der Waals surface area contributed by atoms with Crippen LogP contribution in [0.25, 0.3) is 0 Å². The molecule has 1 aliphatic rings. The van der Waals surface area contributed by atoms with Crippen molar-refractivity contribution < 1.29 is 14.6 Å². The molecule has 1 fully saturated rings. The van der Waals surface area contributed by atoms with Gasteiger partial charge in [0.25, 0.3) is 0 Å². The molecule has 0 saturated carbocycles. The average Bonchev–Trinajstić information content (AvgIpc) is 2.79. The Morgan fingerprint density at radius 2 is 2.06 bits per heavy atom. The molecule has 1 atom stereocenters. The smallest absolute Gasteiger partial charge is 0.307 e. The molecule has 1 unspecified atom stereocenters. The van der Waals surface area contributed by atoms with E-state index in [1.807, 2.05) is 24.3 Å². The van der Waals surface area contributed by atoms with Gasteiger partial charge in [-0.2, -0.15) is 0 Å². The number of hydrogen-bond acceptors (Lipinski definition) is 3. The van der Waals surface area contributed by atoms with Crippen molar-refractivity contribution in [3.05, 3.63) is 35.4 Å². The zero-order chi connectivity index (χ0) is 13.0. The predicted octanol–water partition coefficient (Wildman–Crippen LogP) is 1.53. The minimum absolute atomic E-state index is 0.0930. The quantitative estimate of drug-likeness (QED) is 0.860. The summed E-state index contributed by atoms with van der Waals surface area (Å²) in [6, 6.07) is 7.82. The van der Waals surface area contributed by atoms with Crippen LogP contribution in [0.3, 0.4) is 0 Å². The first-order valence-electron chi connectivity index (χ1n) is 6.22. The topological polar surface area (TPSA) is 49.8 Å². The summed E-state index contributed by atoms with van der Waals surface area (Å²) in [5.41, 5.74) is 2.07. The number of likely N-dealkylation sites (tertiary alicyclic amines) is 1. The lowest BCUT2D eigenvalue weighted by Gasteiger charge is -2.15. The van der Waals surface area contributed by atoms with Crippen LogP contribution in [0.15, 0.2) is 24.3 Å². The summed E-state index contributed by atoms with van der Waals surface area (Å²) in [5, 5.41) is 8.70. The Morgan fingerprint density at radius 1 is 1.39 bits per heavy atom. The van der Waals surface area contributed by atoms with Gasteiger partial charge in [0.15, 0.2) is 0 Å². The molecule has 0 amide bonds. The van der Waals surface area contributed by atoms with E-state index in [4.69, 9.17) is 9.84 Å². The van der Waals surface area contributed by atoms with Crippen molar-refractivity contribution in [2.45, 2.75) is 25.5 Å². The molecule has 0 aromatic heterocycles. The first kappa shape index (κ1) is 13.1. The zero-order valence-electron chi connectivity index (χ0n) is 10.6. The number of carboxylic acid groups (broad SMARTS) is 1. The van der Waals surface area contributed by atoms with Crippen molar-refractivity contribution in [1.82, 2.24) is 4.90 Å². The summed E-state index contributed by atoms with van der Waals surface area (Å²) in [6.45, 7) is 2.95. The Hall–Kier alpha value is -1.39. The summed E-state index contributed by atoms with van der Waals surface area (Å²) >= 11 is 0. The van der Waals surface area contributed by atoms with E-state index in [2.05, 4.69) is 4.90 Å². The van der Waals surface area contributed by atoms with Crippen molar-refractivity contribution in [1.29, 1.82) is 0 Å². The Balaban J connectivity index is 1.88. The van der Waals surface area contributed by atoms with Crippen LogP contribution in [0, 0.1) is 0 Å². The van der Waals surface area contributed by atoms with Gasteiger partial charge in [-0.1, -0.05) is 24.3 Å². The van der Waals surface area contributed by atoms with Gasteiger partial charge >= 0.3 is 5.97 Å². The molecule has 18 heavy (non-hydrogen) atoms. The van der Waals surface area contributed by atoms with Crippen LogP contribution in [0.1, 0.15) is 17.5 Å². The number of rotatable bonds is 5. The van der Waals surface area contributed by atoms with Crippen molar-refractivity contribution in [3.63, 3.8) is 0 Å². The second-order valence-corrected chi connectivity index (χ2v) is 4.77. The summed E-state index contributed by atoms with van der Waals surface area (Å²) in [4.78, 5) is 12.9. The van der Waals surface area contributed by atoms with Gasteiger partial charge in [0, 0.05) is 26.7 Å². The lowest BCUT2D eigenvalue weighted by molar-refractivity contribution is -0.136. The molecule has 1 saturated heterocycles. The van der Waals surface area contributed by atoms with E-state index in [9.17, 15) is 4.79 Å². The van der Waals surface area contributed by atoms with Gasteiger partial charge in [-0.05, 0) is 17.5 Å². The van der Waals surface area contributed by atoms with Crippen molar-refractivity contribution in [2.75, 3.05) is 20.2 Å². The Morgan fingerprint density at radius 3 is 2.61 bits per heavy atom. The molecule has 1 aromatic rings. The minimum Gasteiger partial charge on any atom is -0.481 e. The maximum absolute atomic E-state index is 10.6. The molecule has 4 nitrogen and oxygen atoms in total.